The van der Waals surface area contributed by atoms with Crippen molar-refractivity contribution in [3.05, 3.63) is 82.3 Å². The third-order valence-electron chi connectivity index (χ3n) is 4.91. The Balaban J connectivity index is 1.50. The third kappa shape index (κ3) is 8.37. The molecule has 0 heterocycles. The van der Waals surface area contributed by atoms with E-state index in [9.17, 15) is 18.0 Å². The standard InChI is InChI=1S/C25H24Cl2N4O6S/c1-36-19-12-8-18(9-13-19)29-24(33)16-37-20-10-6-17(7-11-20)14-28-30-23(32)15-31(38(2,34)35)22-5-3-4-21(26)25(22)27/h3-14H,15-16H2,1-2H3,(H,29,33)(H,30,32)/b28-14+. The molecule has 13 heteroatoms. The predicted octanol–water partition coefficient (Wildman–Crippen LogP) is 3.94. The minimum atomic E-state index is -3.84. The second kappa shape index (κ2) is 13.1. The van der Waals surface area contributed by atoms with Gasteiger partial charge in [0.2, 0.25) is 10.0 Å². The van der Waals surface area contributed by atoms with E-state index in [1.165, 1.54) is 24.4 Å². The number of amides is 2. The molecule has 0 saturated heterocycles. The zero-order chi connectivity index (χ0) is 27.7. The molecule has 0 unspecified atom stereocenters. The maximum absolute atomic E-state index is 12.4. The van der Waals surface area contributed by atoms with Gasteiger partial charge in [0.15, 0.2) is 6.61 Å². The van der Waals surface area contributed by atoms with E-state index in [0.717, 1.165) is 10.6 Å². The van der Waals surface area contributed by atoms with Crippen molar-refractivity contribution in [3.8, 4) is 11.5 Å². The van der Waals surface area contributed by atoms with Gasteiger partial charge in [-0.3, -0.25) is 13.9 Å². The first-order valence-electron chi connectivity index (χ1n) is 11.0. The van der Waals surface area contributed by atoms with Crippen LogP contribution in [0.1, 0.15) is 5.56 Å². The summed E-state index contributed by atoms with van der Waals surface area (Å²) in [5.74, 6) is 0.121. The van der Waals surface area contributed by atoms with Crippen LogP contribution in [0.3, 0.4) is 0 Å². The minimum absolute atomic E-state index is 0.0106. The van der Waals surface area contributed by atoms with E-state index in [0.29, 0.717) is 22.7 Å². The van der Waals surface area contributed by atoms with E-state index >= 15 is 0 Å². The third-order valence-corrected chi connectivity index (χ3v) is 6.85. The Bertz CT molecular complexity index is 1410. The van der Waals surface area contributed by atoms with Crippen LogP contribution >= 0.6 is 23.2 Å². The van der Waals surface area contributed by atoms with Crippen LogP contribution < -0.4 is 24.5 Å². The Morgan fingerprint density at radius 3 is 2.26 bits per heavy atom. The molecule has 0 aliphatic heterocycles. The normalized spacial score (nSPS) is 11.2. The van der Waals surface area contributed by atoms with E-state index in [1.54, 1.807) is 55.6 Å². The number of rotatable bonds is 11. The van der Waals surface area contributed by atoms with Gasteiger partial charge < -0.3 is 14.8 Å². The average Bonchev–Trinajstić information content (AvgIpc) is 2.88. The molecule has 0 spiro atoms. The van der Waals surface area contributed by atoms with Crippen molar-refractivity contribution in [2.75, 3.05) is 36.1 Å². The first-order chi connectivity index (χ1) is 18.1. The van der Waals surface area contributed by atoms with Crippen LogP contribution in [0.4, 0.5) is 11.4 Å². The Morgan fingerprint density at radius 1 is 0.974 bits per heavy atom. The second-order valence-electron chi connectivity index (χ2n) is 7.77. The number of nitrogens with zero attached hydrogens (tertiary/aromatic N) is 2. The van der Waals surface area contributed by atoms with Crippen molar-refractivity contribution in [2.45, 2.75) is 0 Å². The van der Waals surface area contributed by atoms with Crippen LogP contribution in [0.15, 0.2) is 71.8 Å². The number of sulfonamides is 1. The first-order valence-corrected chi connectivity index (χ1v) is 13.6. The maximum Gasteiger partial charge on any atom is 0.262 e. The monoisotopic (exact) mass is 578 g/mol. The van der Waals surface area contributed by atoms with Crippen molar-refractivity contribution in [1.82, 2.24) is 5.43 Å². The molecule has 2 amide bonds. The predicted molar refractivity (Wildman–Crippen MR) is 148 cm³/mol. The lowest BCUT2D eigenvalue weighted by Crippen LogP contribution is -2.39. The Kier molecular flexibility index (Phi) is 9.94. The Morgan fingerprint density at radius 2 is 1.63 bits per heavy atom. The molecule has 0 aliphatic rings. The number of carbonyl (C=O) groups is 2. The summed E-state index contributed by atoms with van der Waals surface area (Å²) in [6.07, 6.45) is 2.32. The molecule has 0 radical (unpaired) electrons. The average molecular weight is 579 g/mol. The highest BCUT2D eigenvalue weighted by Gasteiger charge is 2.23. The fraction of sp³-hybridized carbons (Fsp3) is 0.160. The number of hydrazone groups is 1. The molecule has 2 N–H and O–H groups in total. The van der Waals surface area contributed by atoms with Gasteiger partial charge in [-0.2, -0.15) is 5.10 Å². The van der Waals surface area contributed by atoms with E-state index in [4.69, 9.17) is 32.7 Å². The fourth-order valence-corrected chi connectivity index (χ4v) is 4.39. The van der Waals surface area contributed by atoms with Gasteiger partial charge in [0, 0.05) is 5.69 Å². The van der Waals surface area contributed by atoms with Gasteiger partial charge in [-0.15, -0.1) is 0 Å². The van der Waals surface area contributed by atoms with Gasteiger partial charge in [-0.1, -0.05) is 29.3 Å². The van der Waals surface area contributed by atoms with Crippen LogP contribution in [0.5, 0.6) is 11.5 Å². The highest BCUT2D eigenvalue weighted by molar-refractivity contribution is 7.92. The SMILES string of the molecule is COc1ccc(NC(=O)COc2ccc(/C=N/NC(=O)CN(c3cccc(Cl)c3Cl)S(C)(=O)=O)cc2)cc1. The summed E-state index contributed by atoms with van der Waals surface area (Å²) in [5, 5.41) is 6.74. The van der Waals surface area contributed by atoms with Crippen molar-refractivity contribution >= 4 is 62.6 Å². The number of carbonyl (C=O) groups excluding carboxylic acids is 2. The number of methoxy groups -OCH3 is 1. The van der Waals surface area contributed by atoms with E-state index in [1.807, 2.05) is 0 Å². The highest BCUT2D eigenvalue weighted by atomic mass is 35.5. The number of halogens is 2. The lowest BCUT2D eigenvalue weighted by Gasteiger charge is -2.22. The van der Waals surface area contributed by atoms with Crippen LogP contribution in [0.25, 0.3) is 0 Å². The summed E-state index contributed by atoms with van der Waals surface area (Å²) in [6.45, 7) is -0.745. The molecule has 0 fully saturated rings. The molecule has 200 valence electrons. The molecule has 0 atom stereocenters. The zero-order valence-corrected chi connectivity index (χ0v) is 22.7. The summed E-state index contributed by atoms with van der Waals surface area (Å²) in [6, 6.07) is 18.0. The molecular weight excluding hydrogens is 555 g/mol. The molecule has 0 aromatic heterocycles. The second-order valence-corrected chi connectivity index (χ2v) is 10.5. The van der Waals surface area contributed by atoms with Gasteiger partial charge in [0.05, 0.1) is 35.3 Å². The number of nitrogens with one attached hydrogen (secondary N) is 2. The smallest absolute Gasteiger partial charge is 0.262 e. The van der Waals surface area contributed by atoms with Gasteiger partial charge in [-0.05, 0) is 66.2 Å². The summed E-state index contributed by atoms with van der Waals surface area (Å²) in [4.78, 5) is 24.4. The molecule has 38 heavy (non-hydrogen) atoms. The van der Waals surface area contributed by atoms with E-state index in [-0.39, 0.29) is 28.2 Å². The number of hydrogen-bond donors (Lipinski definition) is 2. The minimum Gasteiger partial charge on any atom is -0.497 e. The van der Waals surface area contributed by atoms with Gasteiger partial charge in [0.25, 0.3) is 11.8 Å². The zero-order valence-electron chi connectivity index (χ0n) is 20.4. The van der Waals surface area contributed by atoms with E-state index in [2.05, 4.69) is 15.8 Å². The summed E-state index contributed by atoms with van der Waals surface area (Å²) < 4.78 is 35.9. The van der Waals surface area contributed by atoms with Crippen molar-refractivity contribution in [3.63, 3.8) is 0 Å². The summed E-state index contributed by atoms with van der Waals surface area (Å²) in [5.41, 5.74) is 3.59. The number of hydrogen-bond acceptors (Lipinski definition) is 7. The van der Waals surface area contributed by atoms with Crippen molar-refractivity contribution in [1.29, 1.82) is 0 Å². The first kappa shape index (κ1) is 28.8. The fourth-order valence-electron chi connectivity index (χ4n) is 3.08. The van der Waals surface area contributed by atoms with Gasteiger partial charge >= 0.3 is 0 Å². The largest absolute Gasteiger partial charge is 0.497 e. The molecule has 3 aromatic carbocycles. The number of benzene rings is 3. The van der Waals surface area contributed by atoms with Gasteiger partial charge in [0.1, 0.15) is 18.0 Å². The lowest BCUT2D eigenvalue weighted by molar-refractivity contribution is -0.119. The molecule has 0 aliphatic carbocycles. The molecule has 3 aromatic rings. The van der Waals surface area contributed by atoms with E-state index < -0.39 is 22.5 Å². The molecule has 10 nitrogen and oxygen atoms in total. The maximum atomic E-state index is 12.4. The molecule has 3 rings (SSSR count). The lowest BCUT2D eigenvalue weighted by atomic mass is 10.2. The van der Waals surface area contributed by atoms with Crippen LogP contribution in [0, 0.1) is 0 Å². The number of ether oxygens (including phenoxy) is 2. The number of anilines is 2. The van der Waals surface area contributed by atoms with Crippen molar-refractivity contribution < 1.29 is 27.5 Å². The topological polar surface area (TPSA) is 126 Å². The van der Waals surface area contributed by atoms with Crippen LogP contribution in [-0.2, 0) is 19.6 Å². The molecule has 0 saturated carbocycles. The quantitative estimate of drug-likeness (QED) is 0.262. The molecule has 0 bridgehead atoms. The molecular formula is C25H24Cl2N4O6S. The van der Waals surface area contributed by atoms with Gasteiger partial charge in [-0.25, -0.2) is 13.8 Å². The summed E-state index contributed by atoms with van der Waals surface area (Å²) >= 11 is 12.1. The van der Waals surface area contributed by atoms with Crippen LogP contribution in [-0.4, -0.2) is 53.0 Å². The highest BCUT2D eigenvalue weighted by Crippen LogP contribution is 2.33. The van der Waals surface area contributed by atoms with Crippen LogP contribution in [0.2, 0.25) is 10.0 Å². The summed E-state index contributed by atoms with van der Waals surface area (Å²) in [7, 11) is -2.28. The Hall–Kier alpha value is -3.80. The van der Waals surface area contributed by atoms with Crippen molar-refractivity contribution in [2.24, 2.45) is 5.10 Å². The Labute approximate surface area is 230 Å².